The fourth-order valence-electron chi connectivity index (χ4n) is 1.16. The van der Waals surface area contributed by atoms with Gasteiger partial charge in [-0.2, -0.15) is 0 Å². The molecule has 0 atom stereocenters. The van der Waals surface area contributed by atoms with Crippen LogP contribution in [0.3, 0.4) is 0 Å². The molecule has 0 saturated heterocycles. The molecule has 1 aliphatic heterocycles. The van der Waals surface area contributed by atoms with Crippen LogP contribution in [0, 0.1) is 0 Å². The van der Waals surface area contributed by atoms with Crippen molar-refractivity contribution in [2.75, 3.05) is 13.1 Å². The second kappa shape index (κ2) is 4.31. The van der Waals surface area contributed by atoms with Gasteiger partial charge in [0.05, 0.1) is 0 Å². The molecule has 1 rings (SSSR count). The summed E-state index contributed by atoms with van der Waals surface area (Å²) >= 11 is 0. The van der Waals surface area contributed by atoms with Crippen LogP contribution in [-0.4, -0.2) is 29.6 Å². The average Bonchev–Trinajstić information content (AvgIpc) is 2.02. The first-order chi connectivity index (χ1) is 6.47. The van der Waals surface area contributed by atoms with Crippen LogP contribution in [0.15, 0.2) is 24.4 Å². The largest absolute Gasteiger partial charge is 0.459 e. The van der Waals surface area contributed by atoms with E-state index in [4.69, 9.17) is 4.74 Å². The molecule has 0 spiro atoms. The average molecular weight is 195 g/mol. The summed E-state index contributed by atoms with van der Waals surface area (Å²) in [5, 5.41) is 0. The topological polar surface area (TPSA) is 29.5 Å². The van der Waals surface area contributed by atoms with E-state index in [1.807, 2.05) is 50.1 Å². The lowest BCUT2D eigenvalue weighted by Gasteiger charge is -2.24. The maximum absolute atomic E-state index is 11.4. The molecule has 0 bridgehead atoms. The van der Waals surface area contributed by atoms with Gasteiger partial charge in [-0.25, -0.2) is 0 Å². The molecule has 0 radical (unpaired) electrons. The number of ether oxygens (including phenoxy) is 1. The van der Waals surface area contributed by atoms with E-state index in [0.717, 1.165) is 6.54 Å². The van der Waals surface area contributed by atoms with Crippen molar-refractivity contribution in [3.63, 3.8) is 0 Å². The van der Waals surface area contributed by atoms with Gasteiger partial charge in [0.2, 0.25) is 0 Å². The van der Waals surface area contributed by atoms with Gasteiger partial charge < -0.3 is 9.64 Å². The SMILES string of the molecule is CC(C)(C)OC(=O)CN1C=CC=CC1. The standard InChI is InChI=1S/C11H17NO2/c1-11(2,3)14-10(13)9-12-7-5-4-6-8-12/h4-7H,8-9H2,1-3H3. The normalized spacial score (nSPS) is 15.8. The summed E-state index contributed by atoms with van der Waals surface area (Å²) in [4.78, 5) is 13.3. The molecule has 0 aromatic rings. The van der Waals surface area contributed by atoms with Crippen LogP contribution in [0.4, 0.5) is 0 Å². The van der Waals surface area contributed by atoms with E-state index in [2.05, 4.69) is 0 Å². The summed E-state index contributed by atoms with van der Waals surface area (Å²) < 4.78 is 5.20. The van der Waals surface area contributed by atoms with Crippen molar-refractivity contribution < 1.29 is 9.53 Å². The van der Waals surface area contributed by atoms with Crippen molar-refractivity contribution in [2.24, 2.45) is 0 Å². The first-order valence-electron chi connectivity index (χ1n) is 4.76. The number of carbonyl (C=O) groups excluding carboxylic acids is 1. The second-order valence-electron chi connectivity index (χ2n) is 4.29. The number of hydrogen-bond acceptors (Lipinski definition) is 3. The Morgan fingerprint density at radius 2 is 2.14 bits per heavy atom. The van der Waals surface area contributed by atoms with Crippen molar-refractivity contribution in [2.45, 2.75) is 26.4 Å². The molecule has 1 aliphatic rings. The zero-order valence-electron chi connectivity index (χ0n) is 8.99. The highest BCUT2D eigenvalue weighted by atomic mass is 16.6. The first kappa shape index (κ1) is 10.8. The molecular weight excluding hydrogens is 178 g/mol. The van der Waals surface area contributed by atoms with Gasteiger partial charge in [-0.05, 0) is 33.0 Å². The minimum absolute atomic E-state index is 0.183. The third kappa shape index (κ3) is 4.12. The summed E-state index contributed by atoms with van der Waals surface area (Å²) in [7, 11) is 0. The fourth-order valence-corrected chi connectivity index (χ4v) is 1.16. The molecule has 0 amide bonds. The van der Waals surface area contributed by atoms with Gasteiger partial charge in [0.15, 0.2) is 0 Å². The molecule has 0 unspecified atom stereocenters. The Hall–Kier alpha value is -1.25. The minimum atomic E-state index is -0.396. The van der Waals surface area contributed by atoms with Crippen LogP contribution in [0.5, 0.6) is 0 Å². The molecule has 78 valence electrons. The van der Waals surface area contributed by atoms with E-state index in [1.165, 1.54) is 0 Å². The zero-order valence-corrected chi connectivity index (χ0v) is 8.99. The van der Waals surface area contributed by atoms with Crippen LogP contribution in [0.1, 0.15) is 20.8 Å². The lowest BCUT2D eigenvalue weighted by molar-refractivity contribution is -0.155. The smallest absolute Gasteiger partial charge is 0.326 e. The zero-order chi connectivity index (χ0) is 10.6. The van der Waals surface area contributed by atoms with Crippen molar-refractivity contribution in [3.05, 3.63) is 24.4 Å². The quantitative estimate of drug-likeness (QED) is 0.628. The summed E-state index contributed by atoms with van der Waals surface area (Å²) in [5.74, 6) is -0.183. The highest BCUT2D eigenvalue weighted by Gasteiger charge is 2.17. The molecule has 0 N–H and O–H groups in total. The predicted octanol–water partition coefficient (Wildman–Crippen LogP) is 1.71. The minimum Gasteiger partial charge on any atom is -0.459 e. The molecule has 3 nitrogen and oxygen atoms in total. The number of hydrogen-bond donors (Lipinski definition) is 0. The van der Waals surface area contributed by atoms with Crippen LogP contribution in [0.2, 0.25) is 0 Å². The Labute approximate surface area is 85.0 Å². The highest BCUT2D eigenvalue weighted by molar-refractivity contribution is 5.72. The second-order valence-corrected chi connectivity index (χ2v) is 4.29. The van der Waals surface area contributed by atoms with Gasteiger partial charge in [-0.15, -0.1) is 0 Å². The summed E-state index contributed by atoms with van der Waals surface area (Å²) in [6, 6.07) is 0. The Morgan fingerprint density at radius 3 is 2.64 bits per heavy atom. The number of allylic oxidation sites excluding steroid dienone is 2. The molecular formula is C11H17NO2. The Balaban J connectivity index is 2.34. The summed E-state index contributed by atoms with van der Waals surface area (Å²) in [5.41, 5.74) is -0.396. The molecule has 1 heterocycles. The Morgan fingerprint density at radius 1 is 1.43 bits per heavy atom. The van der Waals surface area contributed by atoms with Gasteiger partial charge in [-0.3, -0.25) is 4.79 Å². The van der Waals surface area contributed by atoms with Crippen molar-refractivity contribution in [1.29, 1.82) is 0 Å². The van der Waals surface area contributed by atoms with Crippen molar-refractivity contribution in [3.8, 4) is 0 Å². The molecule has 14 heavy (non-hydrogen) atoms. The molecule has 3 heteroatoms. The van der Waals surface area contributed by atoms with E-state index in [9.17, 15) is 4.79 Å². The van der Waals surface area contributed by atoms with Crippen LogP contribution < -0.4 is 0 Å². The molecule has 0 aromatic carbocycles. The van der Waals surface area contributed by atoms with E-state index in [0.29, 0.717) is 6.54 Å². The number of esters is 1. The first-order valence-corrected chi connectivity index (χ1v) is 4.76. The Kier molecular flexibility index (Phi) is 3.33. The molecule has 0 fully saturated rings. The Bertz CT molecular complexity index is 261. The van der Waals surface area contributed by atoms with Gasteiger partial charge in [-0.1, -0.05) is 12.2 Å². The number of rotatable bonds is 2. The van der Waals surface area contributed by atoms with E-state index < -0.39 is 5.60 Å². The van der Waals surface area contributed by atoms with Gasteiger partial charge in [0, 0.05) is 6.54 Å². The molecule has 0 aromatic heterocycles. The van der Waals surface area contributed by atoms with Crippen molar-refractivity contribution >= 4 is 5.97 Å². The van der Waals surface area contributed by atoms with Gasteiger partial charge in [0.25, 0.3) is 0 Å². The number of nitrogens with zero attached hydrogens (tertiary/aromatic N) is 1. The third-order valence-corrected chi connectivity index (χ3v) is 1.64. The maximum Gasteiger partial charge on any atom is 0.326 e. The lowest BCUT2D eigenvalue weighted by Crippen LogP contribution is -2.32. The van der Waals surface area contributed by atoms with E-state index >= 15 is 0 Å². The fraction of sp³-hybridized carbons (Fsp3) is 0.545. The monoisotopic (exact) mass is 195 g/mol. The van der Waals surface area contributed by atoms with Gasteiger partial charge >= 0.3 is 5.97 Å². The highest BCUT2D eigenvalue weighted by Crippen LogP contribution is 2.08. The van der Waals surface area contributed by atoms with Crippen molar-refractivity contribution in [1.82, 2.24) is 4.90 Å². The lowest BCUT2D eigenvalue weighted by atomic mass is 10.2. The van der Waals surface area contributed by atoms with Crippen LogP contribution in [-0.2, 0) is 9.53 Å². The van der Waals surface area contributed by atoms with E-state index in [1.54, 1.807) is 0 Å². The predicted molar refractivity (Wildman–Crippen MR) is 55.7 cm³/mol. The van der Waals surface area contributed by atoms with Crippen LogP contribution >= 0.6 is 0 Å². The van der Waals surface area contributed by atoms with Gasteiger partial charge in [0.1, 0.15) is 12.1 Å². The molecule has 0 saturated carbocycles. The number of carbonyl (C=O) groups is 1. The van der Waals surface area contributed by atoms with E-state index in [-0.39, 0.29) is 5.97 Å². The summed E-state index contributed by atoms with van der Waals surface area (Å²) in [6.45, 7) is 6.71. The molecule has 0 aliphatic carbocycles. The third-order valence-electron chi connectivity index (χ3n) is 1.64. The maximum atomic E-state index is 11.4. The van der Waals surface area contributed by atoms with Crippen LogP contribution in [0.25, 0.3) is 0 Å². The summed E-state index contributed by atoms with van der Waals surface area (Å²) in [6.07, 6.45) is 7.77.